The van der Waals surface area contributed by atoms with E-state index in [1.54, 1.807) is 37.4 Å². The van der Waals surface area contributed by atoms with Gasteiger partial charge >= 0.3 is 0 Å². The van der Waals surface area contributed by atoms with E-state index < -0.39 is 0 Å². The number of benzene rings is 3. The minimum atomic E-state index is -0.265. The van der Waals surface area contributed by atoms with Crippen molar-refractivity contribution in [1.82, 2.24) is 10.2 Å². The molecule has 0 saturated heterocycles. The number of Topliss-reactive ketones (excluding diaryl/α,β-unsaturated/α-hetero) is 1. The summed E-state index contributed by atoms with van der Waals surface area (Å²) in [4.78, 5) is 27.1. The van der Waals surface area contributed by atoms with Gasteiger partial charge in [0.15, 0.2) is 5.78 Å². The molecule has 0 fully saturated rings. The van der Waals surface area contributed by atoms with Crippen molar-refractivity contribution in [2.45, 2.75) is 13.1 Å². The molecule has 1 amide bonds. The van der Waals surface area contributed by atoms with Crippen LogP contribution in [0.1, 0.15) is 31.8 Å². The van der Waals surface area contributed by atoms with Gasteiger partial charge in [0.25, 0.3) is 5.91 Å². The number of ether oxygens (including phenoxy) is 1. The molecule has 0 aliphatic heterocycles. The number of nitrogens with one attached hydrogen (secondary N) is 1. The summed E-state index contributed by atoms with van der Waals surface area (Å²) in [5.41, 5.74) is 3.33. The fourth-order valence-corrected chi connectivity index (χ4v) is 3.23. The van der Waals surface area contributed by atoms with Crippen molar-refractivity contribution in [2.24, 2.45) is 0 Å². The van der Waals surface area contributed by atoms with Gasteiger partial charge in [-0.25, -0.2) is 0 Å². The molecule has 30 heavy (non-hydrogen) atoms. The molecule has 0 unspecified atom stereocenters. The third kappa shape index (κ3) is 6.03. The molecule has 0 radical (unpaired) electrons. The molecule has 3 rings (SSSR count). The Labute approximate surface area is 177 Å². The van der Waals surface area contributed by atoms with E-state index in [2.05, 4.69) is 22.3 Å². The standard InChI is InChI=1S/C25H26N2O3/c1-27(17-19-8-4-3-5-9-19)18-20-10-6-12-22(14-20)25(29)26-16-24(28)21-11-7-13-23(15-21)30-2/h3-15H,16-18H2,1-2H3,(H,26,29). The van der Waals surface area contributed by atoms with Crippen LogP contribution in [-0.4, -0.2) is 37.3 Å². The van der Waals surface area contributed by atoms with Crippen LogP contribution in [0.25, 0.3) is 0 Å². The first kappa shape index (κ1) is 21.3. The minimum Gasteiger partial charge on any atom is -0.497 e. The zero-order chi connectivity index (χ0) is 21.3. The topological polar surface area (TPSA) is 58.6 Å². The van der Waals surface area contributed by atoms with E-state index in [1.807, 2.05) is 43.4 Å². The molecule has 0 spiro atoms. The highest BCUT2D eigenvalue weighted by molar-refractivity contribution is 6.02. The van der Waals surface area contributed by atoms with Crippen molar-refractivity contribution < 1.29 is 14.3 Å². The Morgan fingerprint density at radius 3 is 2.27 bits per heavy atom. The van der Waals surface area contributed by atoms with Gasteiger partial charge in [0.05, 0.1) is 13.7 Å². The molecule has 0 aliphatic rings. The largest absolute Gasteiger partial charge is 0.497 e. The number of hydrogen-bond donors (Lipinski definition) is 1. The number of ketones is 1. The number of rotatable bonds is 9. The van der Waals surface area contributed by atoms with Gasteiger partial charge in [0.1, 0.15) is 5.75 Å². The predicted molar refractivity (Wildman–Crippen MR) is 118 cm³/mol. The first-order valence-electron chi connectivity index (χ1n) is 9.82. The molecule has 5 heteroatoms. The first-order chi connectivity index (χ1) is 14.5. The Morgan fingerprint density at radius 1 is 0.833 bits per heavy atom. The Kier molecular flexibility index (Phi) is 7.35. The van der Waals surface area contributed by atoms with Crippen LogP contribution < -0.4 is 10.1 Å². The number of carbonyl (C=O) groups is 2. The van der Waals surface area contributed by atoms with Crippen LogP contribution in [-0.2, 0) is 13.1 Å². The van der Waals surface area contributed by atoms with Crippen LogP contribution in [0.4, 0.5) is 0 Å². The lowest BCUT2D eigenvalue weighted by Gasteiger charge is -2.17. The molecule has 3 aromatic carbocycles. The molecule has 0 atom stereocenters. The Morgan fingerprint density at radius 2 is 1.50 bits per heavy atom. The maximum absolute atomic E-state index is 12.5. The zero-order valence-electron chi connectivity index (χ0n) is 17.3. The van der Waals surface area contributed by atoms with E-state index >= 15 is 0 Å². The molecule has 0 saturated carbocycles. The van der Waals surface area contributed by atoms with Gasteiger partial charge in [0, 0.05) is 24.2 Å². The van der Waals surface area contributed by atoms with Crippen LogP contribution in [0.15, 0.2) is 78.9 Å². The number of nitrogens with zero attached hydrogens (tertiary/aromatic N) is 1. The summed E-state index contributed by atoms with van der Waals surface area (Å²) in [6.07, 6.45) is 0. The molecule has 0 heterocycles. The summed E-state index contributed by atoms with van der Waals surface area (Å²) in [7, 11) is 3.60. The van der Waals surface area contributed by atoms with E-state index in [4.69, 9.17) is 4.74 Å². The average molecular weight is 402 g/mol. The van der Waals surface area contributed by atoms with Crippen LogP contribution in [0.3, 0.4) is 0 Å². The number of carbonyl (C=O) groups excluding carboxylic acids is 2. The summed E-state index contributed by atoms with van der Waals surface area (Å²) < 4.78 is 5.14. The van der Waals surface area contributed by atoms with Crippen LogP contribution in [0.2, 0.25) is 0 Å². The predicted octanol–water partition coefficient (Wildman–Crippen LogP) is 3.94. The van der Waals surface area contributed by atoms with Crippen molar-refractivity contribution in [3.05, 3.63) is 101 Å². The second-order valence-electron chi connectivity index (χ2n) is 7.20. The third-order valence-electron chi connectivity index (χ3n) is 4.74. The van der Waals surface area contributed by atoms with Gasteiger partial charge in [-0.2, -0.15) is 0 Å². The molecular weight excluding hydrogens is 376 g/mol. The van der Waals surface area contributed by atoms with Crippen molar-refractivity contribution in [2.75, 3.05) is 20.7 Å². The van der Waals surface area contributed by atoms with E-state index in [1.165, 1.54) is 5.56 Å². The van der Waals surface area contributed by atoms with Crippen molar-refractivity contribution in [3.8, 4) is 5.75 Å². The molecule has 3 aromatic rings. The summed E-state index contributed by atoms with van der Waals surface area (Å²) >= 11 is 0. The van der Waals surface area contributed by atoms with E-state index in [0.717, 1.165) is 18.7 Å². The lowest BCUT2D eigenvalue weighted by molar-refractivity contribution is 0.0904. The summed E-state index contributed by atoms with van der Waals surface area (Å²) in [6.45, 7) is 1.48. The molecule has 0 aromatic heterocycles. The minimum absolute atomic E-state index is 0.0653. The van der Waals surface area contributed by atoms with Gasteiger partial charge in [0.2, 0.25) is 0 Å². The lowest BCUT2D eigenvalue weighted by Crippen LogP contribution is -2.29. The van der Waals surface area contributed by atoms with Gasteiger partial charge < -0.3 is 10.1 Å². The highest BCUT2D eigenvalue weighted by atomic mass is 16.5. The van der Waals surface area contributed by atoms with Crippen LogP contribution in [0, 0.1) is 0 Å². The fraction of sp³-hybridized carbons (Fsp3) is 0.200. The van der Waals surface area contributed by atoms with Crippen LogP contribution >= 0.6 is 0 Å². The third-order valence-corrected chi connectivity index (χ3v) is 4.74. The summed E-state index contributed by atoms with van der Waals surface area (Å²) in [5.74, 6) is 0.180. The Bertz CT molecular complexity index is 1000. The maximum atomic E-state index is 12.5. The van der Waals surface area contributed by atoms with Gasteiger partial charge in [-0.3, -0.25) is 14.5 Å². The average Bonchev–Trinajstić information content (AvgIpc) is 2.78. The van der Waals surface area contributed by atoms with E-state index in [0.29, 0.717) is 16.9 Å². The quantitative estimate of drug-likeness (QED) is 0.551. The maximum Gasteiger partial charge on any atom is 0.251 e. The van der Waals surface area contributed by atoms with Crippen molar-refractivity contribution in [3.63, 3.8) is 0 Å². The van der Waals surface area contributed by atoms with E-state index in [9.17, 15) is 9.59 Å². The molecule has 154 valence electrons. The molecule has 0 aliphatic carbocycles. The molecular formula is C25H26N2O3. The van der Waals surface area contributed by atoms with Gasteiger partial charge in [-0.05, 0) is 42.4 Å². The summed E-state index contributed by atoms with van der Waals surface area (Å²) in [5, 5.41) is 2.71. The van der Waals surface area contributed by atoms with Crippen molar-refractivity contribution in [1.29, 1.82) is 0 Å². The zero-order valence-corrected chi connectivity index (χ0v) is 17.3. The fourth-order valence-electron chi connectivity index (χ4n) is 3.23. The first-order valence-corrected chi connectivity index (χ1v) is 9.82. The molecule has 0 bridgehead atoms. The molecule has 5 nitrogen and oxygen atoms in total. The Balaban J connectivity index is 1.56. The number of hydrogen-bond acceptors (Lipinski definition) is 4. The lowest BCUT2D eigenvalue weighted by atomic mass is 10.1. The van der Waals surface area contributed by atoms with E-state index in [-0.39, 0.29) is 18.2 Å². The normalized spacial score (nSPS) is 10.6. The Hall–Kier alpha value is -3.44. The SMILES string of the molecule is COc1cccc(C(=O)CNC(=O)c2cccc(CN(C)Cc3ccccc3)c2)c1. The molecule has 1 N–H and O–H groups in total. The number of amides is 1. The van der Waals surface area contributed by atoms with Gasteiger partial charge in [-0.1, -0.05) is 54.6 Å². The number of methoxy groups -OCH3 is 1. The second-order valence-corrected chi connectivity index (χ2v) is 7.20. The van der Waals surface area contributed by atoms with Crippen LogP contribution in [0.5, 0.6) is 5.75 Å². The smallest absolute Gasteiger partial charge is 0.251 e. The monoisotopic (exact) mass is 402 g/mol. The van der Waals surface area contributed by atoms with Gasteiger partial charge in [-0.15, -0.1) is 0 Å². The van der Waals surface area contributed by atoms with Crippen molar-refractivity contribution >= 4 is 11.7 Å². The second kappa shape index (κ2) is 10.4. The highest BCUT2D eigenvalue weighted by Crippen LogP contribution is 2.13. The highest BCUT2D eigenvalue weighted by Gasteiger charge is 2.11. The summed E-state index contributed by atoms with van der Waals surface area (Å²) in [6, 6.07) is 24.6.